The molecular weight excluding hydrogens is 257 g/mol. The third kappa shape index (κ3) is 3.39. The van der Waals surface area contributed by atoms with Crippen LogP contribution in [0.5, 0.6) is 0 Å². The Bertz CT molecular complexity index is 574. The first kappa shape index (κ1) is 14.1. The first-order valence-electron chi connectivity index (χ1n) is 6.36. The molecule has 4 nitrogen and oxygen atoms in total. The van der Waals surface area contributed by atoms with Crippen molar-refractivity contribution in [2.75, 3.05) is 11.4 Å². The number of rotatable bonds is 5. The lowest BCUT2D eigenvalue weighted by Crippen LogP contribution is -2.32. The normalized spacial score (nSPS) is 10.3. The highest BCUT2D eigenvalue weighted by atomic mass is 19.1. The molecule has 0 fully saturated rings. The second-order valence-electron chi connectivity index (χ2n) is 4.33. The molecule has 0 atom stereocenters. The van der Waals surface area contributed by atoms with Crippen molar-refractivity contribution in [1.29, 1.82) is 0 Å². The van der Waals surface area contributed by atoms with Gasteiger partial charge in [-0.05, 0) is 23.8 Å². The Morgan fingerprint density at radius 2 is 2.05 bits per heavy atom. The van der Waals surface area contributed by atoms with Crippen molar-refractivity contribution in [3.63, 3.8) is 0 Å². The van der Waals surface area contributed by atoms with E-state index in [-0.39, 0.29) is 31.1 Å². The zero-order valence-corrected chi connectivity index (χ0v) is 11.0. The van der Waals surface area contributed by atoms with Gasteiger partial charge in [-0.1, -0.05) is 18.2 Å². The van der Waals surface area contributed by atoms with Gasteiger partial charge in [-0.2, -0.15) is 0 Å². The summed E-state index contributed by atoms with van der Waals surface area (Å²) in [5, 5.41) is 0. The van der Waals surface area contributed by atoms with E-state index >= 15 is 0 Å². The van der Waals surface area contributed by atoms with E-state index in [2.05, 4.69) is 4.98 Å². The molecule has 0 saturated carbocycles. The van der Waals surface area contributed by atoms with Crippen LogP contribution in [0.3, 0.4) is 0 Å². The number of aromatic nitrogens is 1. The van der Waals surface area contributed by atoms with Gasteiger partial charge in [-0.3, -0.25) is 9.78 Å². The number of pyridine rings is 1. The van der Waals surface area contributed by atoms with E-state index in [1.165, 1.54) is 11.0 Å². The van der Waals surface area contributed by atoms with Gasteiger partial charge >= 0.3 is 0 Å². The highest BCUT2D eigenvalue weighted by Crippen LogP contribution is 2.21. The predicted molar refractivity (Wildman–Crippen MR) is 75.5 cm³/mol. The van der Waals surface area contributed by atoms with Crippen LogP contribution >= 0.6 is 0 Å². The van der Waals surface area contributed by atoms with Gasteiger partial charge < -0.3 is 10.6 Å². The second-order valence-corrected chi connectivity index (χ2v) is 4.33. The molecular formula is C15H16FN3O. The number of hydrogen-bond acceptors (Lipinski definition) is 3. The number of nitrogens with two attached hydrogens (primary N) is 1. The van der Waals surface area contributed by atoms with Crippen molar-refractivity contribution in [2.45, 2.75) is 13.0 Å². The average molecular weight is 273 g/mol. The number of carbonyl (C=O) groups is 1. The summed E-state index contributed by atoms with van der Waals surface area (Å²) < 4.78 is 13.9. The van der Waals surface area contributed by atoms with Crippen LogP contribution in [0.15, 0.2) is 48.8 Å². The minimum Gasteiger partial charge on any atom is -0.330 e. The van der Waals surface area contributed by atoms with E-state index in [1.54, 1.807) is 36.7 Å². The molecule has 1 aromatic carbocycles. The van der Waals surface area contributed by atoms with Crippen LogP contribution < -0.4 is 10.6 Å². The summed E-state index contributed by atoms with van der Waals surface area (Å²) in [5.41, 5.74) is 6.52. The third-order valence-corrected chi connectivity index (χ3v) is 2.87. The van der Waals surface area contributed by atoms with E-state index in [1.807, 2.05) is 6.07 Å². The predicted octanol–water partition coefficient (Wildman–Crippen LogP) is 2.10. The van der Waals surface area contributed by atoms with Gasteiger partial charge in [0.25, 0.3) is 0 Å². The fraction of sp³-hybridized carbons (Fsp3) is 0.200. The van der Waals surface area contributed by atoms with E-state index in [9.17, 15) is 9.18 Å². The lowest BCUT2D eigenvalue weighted by Gasteiger charge is -2.23. The van der Waals surface area contributed by atoms with Crippen molar-refractivity contribution >= 4 is 11.6 Å². The molecule has 1 aromatic heterocycles. The molecule has 0 radical (unpaired) electrons. The van der Waals surface area contributed by atoms with Crippen LogP contribution in [0.4, 0.5) is 10.1 Å². The van der Waals surface area contributed by atoms with Gasteiger partial charge in [0.1, 0.15) is 5.82 Å². The molecule has 1 amide bonds. The fourth-order valence-electron chi connectivity index (χ4n) is 1.91. The Hall–Kier alpha value is -2.27. The fourth-order valence-corrected chi connectivity index (χ4v) is 1.91. The van der Waals surface area contributed by atoms with Crippen LogP contribution in [0, 0.1) is 5.82 Å². The monoisotopic (exact) mass is 273 g/mol. The van der Waals surface area contributed by atoms with Gasteiger partial charge in [0, 0.05) is 25.4 Å². The van der Waals surface area contributed by atoms with Crippen LogP contribution in [0.25, 0.3) is 0 Å². The second kappa shape index (κ2) is 6.77. The Kier molecular flexibility index (Phi) is 4.79. The Morgan fingerprint density at radius 1 is 1.25 bits per heavy atom. The minimum atomic E-state index is -0.429. The number of hydrogen-bond donors (Lipinski definition) is 1. The molecule has 20 heavy (non-hydrogen) atoms. The van der Waals surface area contributed by atoms with Gasteiger partial charge in [-0.25, -0.2) is 4.39 Å². The highest BCUT2D eigenvalue weighted by Gasteiger charge is 2.18. The summed E-state index contributed by atoms with van der Waals surface area (Å²) in [7, 11) is 0. The van der Waals surface area contributed by atoms with Gasteiger partial charge in [0.15, 0.2) is 0 Å². The van der Waals surface area contributed by atoms with E-state index < -0.39 is 5.82 Å². The molecule has 2 rings (SSSR count). The number of halogens is 1. The molecule has 2 N–H and O–H groups in total. The molecule has 0 aliphatic rings. The maximum Gasteiger partial charge on any atom is 0.228 e. The summed E-state index contributed by atoms with van der Waals surface area (Å²) in [6.07, 6.45) is 3.48. The molecule has 0 aliphatic heterocycles. The van der Waals surface area contributed by atoms with Crippen molar-refractivity contribution < 1.29 is 9.18 Å². The van der Waals surface area contributed by atoms with Crippen molar-refractivity contribution in [2.24, 2.45) is 5.73 Å². The van der Waals surface area contributed by atoms with Gasteiger partial charge in [-0.15, -0.1) is 0 Å². The molecule has 104 valence electrons. The van der Waals surface area contributed by atoms with Gasteiger partial charge in [0.2, 0.25) is 5.91 Å². The average Bonchev–Trinajstić information content (AvgIpc) is 2.47. The SMILES string of the molecule is NCCC(=O)N(Cc1cccnc1)c1ccccc1F. The van der Waals surface area contributed by atoms with Crippen LogP contribution in [-0.2, 0) is 11.3 Å². The molecule has 5 heteroatoms. The summed E-state index contributed by atoms with van der Waals surface area (Å²) >= 11 is 0. The van der Waals surface area contributed by atoms with Crippen LogP contribution in [0.2, 0.25) is 0 Å². The Morgan fingerprint density at radius 3 is 2.70 bits per heavy atom. The van der Waals surface area contributed by atoms with Crippen LogP contribution in [-0.4, -0.2) is 17.4 Å². The standard InChI is InChI=1S/C15H16FN3O/c16-13-5-1-2-6-14(13)19(15(20)7-8-17)11-12-4-3-9-18-10-12/h1-6,9-10H,7-8,11,17H2. The molecule has 2 aromatic rings. The molecule has 0 bridgehead atoms. The largest absolute Gasteiger partial charge is 0.330 e. The number of para-hydroxylation sites is 1. The molecule has 0 unspecified atom stereocenters. The minimum absolute atomic E-state index is 0.175. The number of benzene rings is 1. The van der Waals surface area contributed by atoms with Crippen molar-refractivity contribution in [3.05, 3.63) is 60.2 Å². The topological polar surface area (TPSA) is 59.2 Å². The summed E-state index contributed by atoms with van der Waals surface area (Å²) in [6.45, 7) is 0.504. The van der Waals surface area contributed by atoms with E-state index in [0.29, 0.717) is 0 Å². The first-order chi connectivity index (χ1) is 9.72. The molecule has 0 spiro atoms. The van der Waals surface area contributed by atoms with E-state index in [4.69, 9.17) is 5.73 Å². The maximum absolute atomic E-state index is 13.9. The molecule has 1 heterocycles. The lowest BCUT2D eigenvalue weighted by atomic mass is 10.2. The molecule has 0 aliphatic carbocycles. The summed E-state index contributed by atoms with van der Waals surface area (Å²) in [5.74, 6) is -0.636. The zero-order chi connectivity index (χ0) is 14.4. The van der Waals surface area contributed by atoms with E-state index in [0.717, 1.165) is 5.56 Å². The zero-order valence-electron chi connectivity index (χ0n) is 11.0. The quantitative estimate of drug-likeness (QED) is 0.907. The Labute approximate surface area is 117 Å². The lowest BCUT2D eigenvalue weighted by molar-refractivity contribution is -0.118. The smallest absolute Gasteiger partial charge is 0.228 e. The number of carbonyl (C=O) groups excluding carboxylic acids is 1. The molecule has 0 saturated heterocycles. The highest BCUT2D eigenvalue weighted by molar-refractivity contribution is 5.93. The summed E-state index contributed by atoms with van der Waals surface area (Å²) in [6, 6.07) is 9.83. The number of amides is 1. The van der Waals surface area contributed by atoms with Crippen LogP contribution in [0.1, 0.15) is 12.0 Å². The van der Waals surface area contributed by atoms with Crippen molar-refractivity contribution in [1.82, 2.24) is 4.98 Å². The van der Waals surface area contributed by atoms with Gasteiger partial charge in [0.05, 0.1) is 12.2 Å². The number of anilines is 1. The maximum atomic E-state index is 13.9. The first-order valence-corrected chi connectivity index (χ1v) is 6.36. The number of nitrogens with zero attached hydrogens (tertiary/aromatic N) is 2. The van der Waals surface area contributed by atoms with Crippen molar-refractivity contribution in [3.8, 4) is 0 Å². The third-order valence-electron chi connectivity index (χ3n) is 2.87. The Balaban J connectivity index is 2.30. The summed E-state index contributed by atoms with van der Waals surface area (Å²) in [4.78, 5) is 17.6.